The first-order valence-electron chi connectivity index (χ1n) is 8.41. The van der Waals surface area contributed by atoms with Crippen molar-refractivity contribution in [2.24, 2.45) is 0 Å². The number of nitrogens with zero attached hydrogens (tertiary/aromatic N) is 1. The minimum Gasteiger partial charge on any atom is -0.465 e. The summed E-state index contributed by atoms with van der Waals surface area (Å²) < 4.78 is 4.77. The third-order valence-electron chi connectivity index (χ3n) is 4.43. The van der Waals surface area contributed by atoms with E-state index < -0.39 is 12.0 Å². The van der Waals surface area contributed by atoms with Gasteiger partial charge < -0.3 is 15.0 Å². The zero-order valence-electron chi connectivity index (χ0n) is 14.5. The number of methoxy groups -OCH3 is 1. The molecule has 1 fully saturated rings. The van der Waals surface area contributed by atoms with Gasteiger partial charge in [-0.2, -0.15) is 0 Å². The van der Waals surface area contributed by atoms with Crippen LogP contribution in [0.2, 0.25) is 0 Å². The van der Waals surface area contributed by atoms with E-state index in [-0.39, 0.29) is 22.9 Å². The van der Waals surface area contributed by atoms with Crippen molar-refractivity contribution in [1.29, 1.82) is 0 Å². The van der Waals surface area contributed by atoms with Gasteiger partial charge in [0.25, 0.3) is 5.91 Å². The van der Waals surface area contributed by atoms with Crippen LogP contribution in [0, 0.1) is 0 Å². The molecule has 0 radical (unpaired) electrons. The van der Waals surface area contributed by atoms with Crippen molar-refractivity contribution >= 4 is 17.8 Å². The molecular formula is C20H20N2O4. The quantitative estimate of drug-likeness (QED) is 0.849. The Balaban J connectivity index is 1.91. The van der Waals surface area contributed by atoms with Crippen LogP contribution in [0.25, 0.3) is 0 Å². The lowest BCUT2D eigenvalue weighted by atomic mass is 9.99. The molecule has 0 spiro atoms. The van der Waals surface area contributed by atoms with E-state index in [1.54, 1.807) is 24.3 Å². The molecule has 1 atom stereocenters. The molecule has 0 aliphatic carbocycles. The summed E-state index contributed by atoms with van der Waals surface area (Å²) in [6, 6.07) is 15.4. The number of rotatable bonds is 4. The van der Waals surface area contributed by atoms with Gasteiger partial charge in [-0.05, 0) is 17.7 Å². The molecule has 2 aromatic carbocycles. The van der Waals surface area contributed by atoms with Crippen LogP contribution in [0.15, 0.2) is 54.6 Å². The first kappa shape index (κ1) is 17.7. The van der Waals surface area contributed by atoms with Crippen molar-refractivity contribution < 1.29 is 19.1 Å². The number of amides is 2. The fourth-order valence-corrected chi connectivity index (χ4v) is 3.11. The summed E-state index contributed by atoms with van der Waals surface area (Å²) in [5.74, 6) is -1.11. The molecule has 1 N–H and O–H groups in total. The van der Waals surface area contributed by atoms with Crippen LogP contribution in [-0.4, -0.2) is 48.9 Å². The minimum absolute atomic E-state index is 0.191. The number of esters is 1. The zero-order valence-corrected chi connectivity index (χ0v) is 14.5. The zero-order chi connectivity index (χ0) is 18.5. The predicted molar refractivity (Wildman–Crippen MR) is 95.8 cm³/mol. The molecule has 26 heavy (non-hydrogen) atoms. The number of nitrogens with one attached hydrogen (secondary N) is 1. The van der Waals surface area contributed by atoms with Gasteiger partial charge in [0.1, 0.15) is 6.04 Å². The molecule has 3 rings (SSSR count). The van der Waals surface area contributed by atoms with Crippen LogP contribution in [0.5, 0.6) is 0 Å². The summed E-state index contributed by atoms with van der Waals surface area (Å²) >= 11 is 0. The number of hydrogen-bond acceptors (Lipinski definition) is 4. The Hall–Kier alpha value is -3.15. The number of hydrogen-bond donors (Lipinski definition) is 1. The Morgan fingerprint density at radius 3 is 2.42 bits per heavy atom. The van der Waals surface area contributed by atoms with Gasteiger partial charge in [-0.15, -0.1) is 0 Å². The number of carbonyl (C=O) groups is 3. The highest BCUT2D eigenvalue weighted by Gasteiger charge is 2.34. The van der Waals surface area contributed by atoms with Crippen LogP contribution in [0.3, 0.4) is 0 Å². The van der Waals surface area contributed by atoms with Crippen LogP contribution < -0.4 is 5.32 Å². The maximum absolute atomic E-state index is 13.1. The SMILES string of the molecule is COC(=O)c1ccccc1C(=O)N1CCNC(=O)[C@@H]1Cc1ccccc1. The molecule has 1 aliphatic rings. The molecule has 1 aliphatic heterocycles. The summed E-state index contributed by atoms with van der Waals surface area (Å²) in [6.45, 7) is 0.772. The van der Waals surface area contributed by atoms with Gasteiger partial charge in [0, 0.05) is 19.5 Å². The van der Waals surface area contributed by atoms with Crippen molar-refractivity contribution in [1.82, 2.24) is 10.2 Å². The maximum atomic E-state index is 13.1. The van der Waals surface area contributed by atoms with Gasteiger partial charge in [-0.3, -0.25) is 9.59 Å². The lowest BCUT2D eigenvalue weighted by molar-refractivity contribution is -0.127. The number of carbonyl (C=O) groups excluding carboxylic acids is 3. The molecule has 0 bridgehead atoms. The van der Waals surface area contributed by atoms with Gasteiger partial charge in [0.2, 0.25) is 5.91 Å². The monoisotopic (exact) mass is 352 g/mol. The molecule has 2 amide bonds. The van der Waals surface area contributed by atoms with Gasteiger partial charge >= 0.3 is 5.97 Å². The molecule has 0 aromatic heterocycles. The number of piperazine rings is 1. The predicted octanol–water partition coefficient (Wildman–Crippen LogP) is 1.66. The second-order valence-electron chi connectivity index (χ2n) is 6.03. The van der Waals surface area contributed by atoms with E-state index in [1.807, 2.05) is 30.3 Å². The molecule has 134 valence electrons. The van der Waals surface area contributed by atoms with Gasteiger partial charge in [-0.25, -0.2) is 4.79 Å². The number of benzene rings is 2. The van der Waals surface area contributed by atoms with Gasteiger partial charge in [-0.1, -0.05) is 42.5 Å². The molecule has 2 aromatic rings. The van der Waals surface area contributed by atoms with Crippen LogP contribution in [0.4, 0.5) is 0 Å². The molecular weight excluding hydrogens is 332 g/mol. The molecule has 1 heterocycles. The average Bonchev–Trinajstić information content (AvgIpc) is 2.69. The lowest BCUT2D eigenvalue weighted by Crippen LogP contribution is -2.58. The molecule has 0 unspecified atom stereocenters. The van der Waals surface area contributed by atoms with E-state index in [9.17, 15) is 14.4 Å². The van der Waals surface area contributed by atoms with Gasteiger partial charge in [0.05, 0.1) is 18.2 Å². The van der Waals surface area contributed by atoms with Crippen molar-refractivity contribution in [3.63, 3.8) is 0 Å². The molecule has 0 saturated carbocycles. The Morgan fingerprint density at radius 1 is 1.08 bits per heavy atom. The number of ether oxygens (including phenoxy) is 1. The minimum atomic E-state index is -0.621. The molecule has 1 saturated heterocycles. The van der Waals surface area contributed by atoms with Crippen molar-refractivity contribution in [2.75, 3.05) is 20.2 Å². The summed E-state index contributed by atoms with van der Waals surface area (Å²) in [5.41, 5.74) is 1.41. The van der Waals surface area contributed by atoms with Crippen molar-refractivity contribution in [2.45, 2.75) is 12.5 Å². The Kier molecular flexibility index (Phi) is 5.31. The van der Waals surface area contributed by atoms with E-state index in [2.05, 4.69) is 5.32 Å². The van der Waals surface area contributed by atoms with Crippen LogP contribution in [-0.2, 0) is 16.0 Å². The van der Waals surface area contributed by atoms with E-state index in [1.165, 1.54) is 12.0 Å². The highest BCUT2D eigenvalue weighted by Crippen LogP contribution is 2.19. The summed E-state index contributed by atoms with van der Waals surface area (Å²) in [7, 11) is 1.27. The van der Waals surface area contributed by atoms with Crippen molar-refractivity contribution in [3.8, 4) is 0 Å². The first-order valence-corrected chi connectivity index (χ1v) is 8.41. The smallest absolute Gasteiger partial charge is 0.338 e. The largest absolute Gasteiger partial charge is 0.465 e. The summed E-state index contributed by atoms with van der Waals surface area (Å²) in [5, 5.41) is 2.81. The Bertz CT molecular complexity index is 820. The van der Waals surface area contributed by atoms with Crippen molar-refractivity contribution in [3.05, 3.63) is 71.3 Å². The molecule has 6 nitrogen and oxygen atoms in total. The van der Waals surface area contributed by atoms with E-state index in [4.69, 9.17) is 4.74 Å². The first-order chi connectivity index (χ1) is 12.6. The fraction of sp³-hybridized carbons (Fsp3) is 0.250. The van der Waals surface area contributed by atoms with Crippen LogP contribution >= 0.6 is 0 Å². The Morgan fingerprint density at radius 2 is 1.73 bits per heavy atom. The van der Waals surface area contributed by atoms with Crippen LogP contribution in [0.1, 0.15) is 26.3 Å². The maximum Gasteiger partial charge on any atom is 0.338 e. The average molecular weight is 352 g/mol. The highest BCUT2D eigenvalue weighted by atomic mass is 16.5. The topological polar surface area (TPSA) is 75.7 Å². The third-order valence-corrected chi connectivity index (χ3v) is 4.43. The third kappa shape index (κ3) is 3.59. The Labute approximate surface area is 151 Å². The lowest BCUT2D eigenvalue weighted by Gasteiger charge is -2.35. The highest BCUT2D eigenvalue weighted by molar-refractivity contribution is 6.06. The normalized spacial score (nSPS) is 16.7. The second-order valence-corrected chi connectivity index (χ2v) is 6.03. The molecule has 6 heteroatoms. The summed E-state index contributed by atoms with van der Waals surface area (Å²) in [4.78, 5) is 39.1. The second kappa shape index (κ2) is 7.82. The standard InChI is InChI=1S/C20H20N2O4/c1-26-20(25)16-10-6-5-9-15(16)19(24)22-12-11-21-18(23)17(22)13-14-7-3-2-4-8-14/h2-10,17H,11-13H2,1H3,(H,21,23)/t17-/m0/s1. The van der Waals surface area contributed by atoms with E-state index in [0.717, 1.165) is 5.56 Å². The summed E-state index contributed by atoms with van der Waals surface area (Å²) in [6.07, 6.45) is 0.415. The van der Waals surface area contributed by atoms with E-state index in [0.29, 0.717) is 19.5 Å². The fourth-order valence-electron chi connectivity index (χ4n) is 3.11. The van der Waals surface area contributed by atoms with Gasteiger partial charge in [0.15, 0.2) is 0 Å². The van der Waals surface area contributed by atoms with E-state index >= 15 is 0 Å².